The third kappa shape index (κ3) is 3.37. The lowest BCUT2D eigenvalue weighted by atomic mass is 10.2. The molecule has 0 saturated heterocycles. The van der Waals surface area contributed by atoms with E-state index in [4.69, 9.17) is 27.9 Å². The van der Waals surface area contributed by atoms with Crippen molar-refractivity contribution in [3.8, 4) is 5.75 Å². The molecule has 18 heavy (non-hydrogen) atoms. The Balaban J connectivity index is 2.11. The third-order valence-corrected chi connectivity index (χ3v) is 3.77. The molecular formula is C13H10BrCl2NO. The highest BCUT2D eigenvalue weighted by Gasteiger charge is 2.04. The number of halogens is 3. The summed E-state index contributed by atoms with van der Waals surface area (Å²) in [5.41, 5.74) is 1.93. The molecule has 94 valence electrons. The molecule has 0 bridgehead atoms. The number of hydrogen-bond acceptors (Lipinski definition) is 2. The van der Waals surface area contributed by atoms with Crippen LogP contribution in [-0.2, 0) is 6.61 Å². The van der Waals surface area contributed by atoms with Gasteiger partial charge in [0.25, 0.3) is 0 Å². The molecular weight excluding hydrogens is 337 g/mol. The molecule has 0 atom stereocenters. The van der Waals surface area contributed by atoms with Gasteiger partial charge in [-0.3, -0.25) is 0 Å². The third-order valence-electron chi connectivity index (χ3n) is 2.43. The summed E-state index contributed by atoms with van der Waals surface area (Å²) in [5.74, 6) is 0.775. The molecule has 0 aliphatic rings. The van der Waals surface area contributed by atoms with Crippen molar-refractivity contribution in [2.75, 3.05) is 0 Å². The highest BCUT2D eigenvalue weighted by Crippen LogP contribution is 2.24. The molecule has 0 radical (unpaired) electrons. The zero-order valence-electron chi connectivity index (χ0n) is 9.58. The second kappa shape index (κ2) is 5.91. The molecule has 5 heteroatoms. The van der Waals surface area contributed by atoms with E-state index in [9.17, 15) is 0 Å². The molecule has 0 saturated carbocycles. The fourth-order valence-corrected chi connectivity index (χ4v) is 2.06. The zero-order chi connectivity index (χ0) is 13.1. The van der Waals surface area contributed by atoms with Crippen molar-refractivity contribution in [1.82, 2.24) is 4.98 Å². The number of aromatic nitrogens is 1. The minimum atomic E-state index is 0.421. The van der Waals surface area contributed by atoms with Crippen molar-refractivity contribution >= 4 is 39.1 Å². The molecule has 0 unspecified atom stereocenters. The van der Waals surface area contributed by atoms with Crippen molar-refractivity contribution in [2.24, 2.45) is 0 Å². The molecule has 0 aliphatic carbocycles. The highest BCUT2D eigenvalue weighted by molar-refractivity contribution is 9.10. The van der Waals surface area contributed by atoms with E-state index in [-0.39, 0.29) is 0 Å². The Bertz CT molecular complexity index is 575. The summed E-state index contributed by atoms with van der Waals surface area (Å²) >= 11 is 15.2. The molecule has 1 aromatic heterocycles. The number of hydrogen-bond donors (Lipinski definition) is 0. The number of pyridine rings is 1. The first-order valence-corrected chi connectivity index (χ1v) is 6.80. The summed E-state index contributed by atoms with van der Waals surface area (Å²) in [6, 6.07) is 7.33. The van der Waals surface area contributed by atoms with Crippen LogP contribution in [0.25, 0.3) is 0 Å². The van der Waals surface area contributed by atoms with Crippen molar-refractivity contribution in [3.05, 3.63) is 56.2 Å². The average molecular weight is 347 g/mol. The van der Waals surface area contributed by atoms with Gasteiger partial charge in [-0.25, -0.2) is 4.98 Å². The standard InChI is InChI=1S/C13H10BrCl2NO/c1-8-4-10(2-3-12(8)15)18-7-9-5-13(16)17-6-11(9)14/h2-6H,7H2,1H3. The number of nitrogens with zero attached hydrogens (tertiary/aromatic N) is 1. The van der Waals surface area contributed by atoms with Gasteiger partial charge in [0.1, 0.15) is 17.5 Å². The van der Waals surface area contributed by atoms with Crippen LogP contribution in [0.5, 0.6) is 5.75 Å². The van der Waals surface area contributed by atoms with Crippen LogP contribution < -0.4 is 4.74 Å². The van der Waals surface area contributed by atoms with Gasteiger partial charge < -0.3 is 4.74 Å². The fourth-order valence-electron chi connectivity index (χ4n) is 1.43. The van der Waals surface area contributed by atoms with Gasteiger partial charge in [0, 0.05) is 21.3 Å². The quantitative estimate of drug-likeness (QED) is 0.726. The van der Waals surface area contributed by atoms with E-state index in [2.05, 4.69) is 20.9 Å². The molecule has 2 nitrogen and oxygen atoms in total. The van der Waals surface area contributed by atoms with E-state index in [1.165, 1.54) is 0 Å². The Morgan fingerprint density at radius 3 is 2.78 bits per heavy atom. The van der Waals surface area contributed by atoms with Gasteiger partial charge in [0.15, 0.2) is 0 Å². The zero-order valence-corrected chi connectivity index (χ0v) is 12.7. The Kier molecular flexibility index (Phi) is 4.49. The molecule has 2 rings (SSSR count). The van der Waals surface area contributed by atoms with Crippen LogP contribution in [0.1, 0.15) is 11.1 Å². The summed E-state index contributed by atoms with van der Waals surface area (Å²) in [7, 11) is 0. The smallest absolute Gasteiger partial charge is 0.129 e. The lowest BCUT2D eigenvalue weighted by Gasteiger charge is -2.09. The Morgan fingerprint density at radius 2 is 2.06 bits per heavy atom. The summed E-state index contributed by atoms with van der Waals surface area (Å²) in [4.78, 5) is 3.97. The maximum absolute atomic E-state index is 5.96. The van der Waals surface area contributed by atoms with Gasteiger partial charge in [-0.15, -0.1) is 0 Å². The van der Waals surface area contributed by atoms with Gasteiger partial charge in [-0.1, -0.05) is 23.2 Å². The van der Waals surface area contributed by atoms with Crippen LogP contribution >= 0.6 is 39.1 Å². The van der Waals surface area contributed by atoms with Gasteiger partial charge in [-0.2, -0.15) is 0 Å². The minimum absolute atomic E-state index is 0.421. The Labute approximate surface area is 124 Å². The van der Waals surface area contributed by atoms with Crippen LogP contribution in [-0.4, -0.2) is 4.98 Å². The molecule has 1 aromatic carbocycles. The van der Waals surface area contributed by atoms with E-state index < -0.39 is 0 Å². The van der Waals surface area contributed by atoms with Crippen molar-refractivity contribution < 1.29 is 4.74 Å². The van der Waals surface area contributed by atoms with Crippen LogP contribution in [0.15, 0.2) is 34.9 Å². The Hall–Kier alpha value is -0.770. The predicted molar refractivity (Wildman–Crippen MR) is 77.5 cm³/mol. The molecule has 0 N–H and O–H groups in total. The number of ether oxygens (including phenoxy) is 1. The summed E-state index contributed by atoms with van der Waals surface area (Å²) < 4.78 is 6.56. The molecule has 1 heterocycles. The highest BCUT2D eigenvalue weighted by atomic mass is 79.9. The largest absolute Gasteiger partial charge is 0.489 e. The Morgan fingerprint density at radius 1 is 1.28 bits per heavy atom. The lowest BCUT2D eigenvalue weighted by Crippen LogP contribution is -1.97. The number of benzene rings is 1. The maximum Gasteiger partial charge on any atom is 0.129 e. The van der Waals surface area contributed by atoms with Crippen LogP contribution in [0.3, 0.4) is 0 Å². The molecule has 2 aromatic rings. The van der Waals surface area contributed by atoms with Crippen LogP contribution in [0, 0.1) is 6.92 Å². The van der Waals surface area contributed by atoms with Gasteiger partial charge >= 0.3 is 0 Å². The molecule has 0 amide bonds. The van der Waals surface area contributed by atoms with Gasteiger partial charge in [0.05, 0.1) is 0 Å². The van der Waals surface area contributed by atoms with E-state index in [0.29, 0.717) is 11.8 Å². The topological polar surface area (TPSA) is 22.1 Å². The maximum atomic E-state index is 5.96. The van der Waals surface area contributed by atoms with E-state index in [0.717, 1.165) is 26.4 Å². The number of rotatable bonds is 3. The lowest BCUT2D eigenvalue weighted by molar-refractivity contribution is 0.305. The van der Waals surface area contributed by atoms with E-state index in [1.54, 1.807) is 12.3 Å². The number of aryl methyl sites for hydroxylation is 1. The first-order valence-electron chi connectivity index (χ1n) is 5.25. The van der Waals surface area contributed by atoms with Crippen LogP contribution in [0.4, 0.5) is 0 Å². The fraction of sp³-hybridized carbons (Fsp3) is 0.154. The summed E-state index contributed by atoms with van der Waals surface area (Å²) in [6.45, 7) is 2.36. The van der Waals surface area contributed by atoms with Crippen molar-refractivity contribution in [1.29, 1.82) is 0 Å². The van der Waals surface area contributed by atoms with Gasteiger partial charge in [0.2, 0.25) is 0 Å². The summed E-state index contributed by atoms with van der Waals surface area (Å²) in [6.07, 6.45) is 1.66. The molecule has 0 spiro atoms. The monoisotopic (exact) mass is 345 g/mol. The first-order chi connectivity index (χ1) is 8.56. The first kappa shape index (κ1) is 13.7. The van der Waals surface area contributed by atoms with E-state index >= 15 is 0 Å². The second-order valence-corrected chi connectivity index (χ2v) is 5.45. The molecule has 0 fully saturated rings. The van der Waals surface area contributed by atoms with Gasteiger partial charge in [-0.05, 0) is 52.7 Å². The minimum Gasteiger partial charge on any atom is -0.489 e. The average Bonchev–Trinajstić information content (AvgIpc) is 2.34. The van der Waals surface area contributed by atoms with Crippen molar-refractivity contribution in [3.63, 3.8) is 0 Å². The second-order valence-electron chi connectivity index (χ2n) is 3.80. The SMILES string of the molecule is Cc1cc(OCc2cc(Cl)ncc2Br)ccc1Cl. The van der Waals surface area contributed by atoms with Crippen molar-refractivity contribution in [2.45, 2.75) is 13.5 Å². The summed E-state index contributed by atoms with van der Waals surface area (Å²) in [5, 5.41) is 1.18. The normalized spacial score (nSPS) is 10.4. The predicted octanol–water partition coefficient (Wildman–Crippen LogP) is 5.04. The molecule has 0 aliphatic heterocycles. The van der Waals surface area contributed by atoms with E-state index in [1.807, 2.05) is 25.1 Å². The van der Waals surface area contributed by atoms with Crippen LogP contribution in [0.2, 0.25) is 10.2 Å².